The lowest BCUT2D eigenvalue weighted by Gasteiger charge is -2.08. The molecule has 14 heavy (non-hydrogen) atoms. The van der Waals surface area contributed by atoms with Gasteiger partial charge in [-0.15, -0.1) is 0 Å². The Morgan fingerprint density at radius 2 is 2.14 bits per heavy atom. The van der Waals surface area contributed by atoms with Crippen LogP contribution in [0.15, 0.2) is 22.7 Å². The molecule has 0 unspecified atom stereocenters. The first-order valence-electron chi connectivity index (χ1n) is 4.40. The van der Waals surface area contributed by atoms with Crippen molar-refractivity contribution in [1.29, 1.82) is 0 Å². The molecule has 2 nitrogen and oxygen atoms in total. The van der Waals surface area contributed by atoms with Crippen LogP contribution in [0.5, 0.6) is 5.75 Å². The number of hydrogen-bond donors (Lipinski definition) is 0. The van der Waals surface area contributed by atoms with Crippen LogP contribution in [0, 0.1) is 5.82 Å². The van der Waals surface area contributed by atoms with E-state index in [0.717, 1.165) is 0 Å². The molecule has 1 aromatic carbocycles. The van der Waals surface area contributed by atoms with Crippen LogP contribution in [0.1, 0.15) is 6.92 Å². The van der Waals surface area contributed by atoms with Crippen LogP contribution >= 0.6 is 15.9 Å². The number of halogens is 2. The molecule has 0 fully saturated rings. The molecule has 0 aliphatic heterocycles. The molecule has 0 saturated carbocycles. The average molecular weight is 263 g/mol. The zero-order valence-electron chi connectivity index (χ0n) is 7.93. The lowest BCUT2D eigenvalue weighted by Crippen LogP contribution is -2.07. The predicted molar refractivity (Wildman–Crippen MR) is 56.1 cm³/mol. The molecule has 0 heterocycles. The quantitative estimate of drug-likeness (QED) is 0.760. The Kier molecular flexibility index (Phi) is 4.90. The minimum absolute atomic E-state index is 0.243. The molecule has 0 aromatic heterocycles. The second kappa shape index (κ2) is 5.98. The van der Waals surface area contributed by atoms with Gasteiger partial charge in [0.2, 0.25) is 0 Å². The van der Waals surface area contributed by atoms with Crippen LogP contribution in [0.2, 0.25) is 0 Å². The molecule has 0 aliphatic carbocycles. The van der Waals surface area contributed by atoms with E-state index in [1.54, 1.807) is 12.1 Å². The fraction of sp³-hybridized carbons (Fsp3) is 0.400. The summed E-state index contributed by atoms with van der Waals surface area (Å²) in [5.41, 5.74) is 0. The summed E-state index contributed by atoms with van der Waals surface area (Å²) in [4.78, 5) is 0. The highest BCUT2D eigenvalue weighted by atomic mass is 79.9. The van der Waals surface area contributed by atoms with Crippen molar-refractivity contribution in [2.24, 2.45) is 0 Å². The summed E-state index contributed by atoms with van der Waals surface area (Å²) in [6.07, 6.45) is 0. The third-order valence-corrected chi connectivity index (χ3v) is 2.22. The van der Waals surface area contributed by atoms with Gasteiger partial charge in [0.25, 0.3) is 0 Å². The van der Waals surface area contributed by atoms with Gasteiger partial charge in [0.05, 0.1) is 11.1 Å². The maximum atomic E-state index is 13.2. The summed E-state index contributed by atoms with van der Waals surface area (Å²) in [7, 11) is 0. The smallest absolute Gasteiger partial charge is 0.169 e. The van der Waals surface area contributed by atoms with E-state index in [2.05, 4.69) is 15.9 Å². The van der Waals surface area contributed by atoms with Gasteiger partial charge in [-0.2, -0.15) is 0 Å². The highest BCUT2D eigenvalue weighted by Gasteiger charge is 2.06. The Bertz CT molecular complexity index is 271. The first-order valence-corrected chi connectivity index (χ1v) is 5.19. The van der Waals surface area contributed by atoms with Gasteiger partial charge in [-0.1, -0.05) is 6.07 Å². The van der Waals surface area contributed by atoms with Gasteiger partial charge in [0, 0.05) is 6.61 Å². The summed E-state index contributed by atoms with van der Waals surface area (Å²) >= 11 is 3.21. The van der Waals surface area contributed by atoms with Crippen LogP contribution in [0.25, 0.3) is 0 Å². The first-order chi connectivity index (χ1) is 6.75. The van der Waals surface area contributed by atoms with Gasteiger partial charge in [0.1, 0.15) is 6.61 Å². The highest BCUT2D eigenvalue weighted by Crippen LogP contribution is 2.27. The Morgan fingerprint density at radius 3 is 2.79 bits per heavy atom. The molecule has 0 N–H and O–H groups in total. The topological polar surface area (TPSA) is 18.5 Å². The van der Waals surface area contributed by atoms with E-state index in [1.165, 1.54) is 6.07 Å². The number of hydrogen-bond acceptors (Lipinski definition) is 2. The van der Waals surface area contributed by atoms with Crippen LogP contribution in [0.4, 0.5) is 4.39 Å². The SMILES string of the molecule is CCOCCOc1c(F)cccc1Br. The van der Waals surface area contributed by atoms with E-state index >= 15 is 0 Å². The van der Waals surface area contributed by atoms with Crippen LogP contribution in [-0.2, 0) is 4.74 Å². The Hall–Kier alpha value is -0.610. The van der Waals surface area contributed by atoms with Crippen molar-refractivity contribution < 1.29 is 13.9 Å². The van der Waals surface area contributed by atoms with Crippen LogP contribution in [-0.4, -0.2) is 19.8 Å². The average Bonchev–Trinajstić information content (AvgIpc) is 2.16. The van der Waals surface area contributed by atoms with Gasteiger partial charge in [0.15, 0.2) is 11.6 Å². The lowest BCUT2D eigenvalue weighted by atomic mass is 10.3. The molecular weight excluding hydrogens is 251 g/mol. The Balaban J connectivity index is 2.49. The van der Waals surface area contributed by atoms with E-state index in [9.17, 15) is 4.39 Å². The molecule has 0 saturated heterocycles. The summed E-state index contributed by atoms with van der Waals surface area (Å²) < 4.78 is 24.1. The monoisotopic (exact) mass is 262 g/mol. The summed E-state index contributed by atoms with van der Waals surface area (Å²) in [5.74, 6) is -0.122. The van der Waals surface area contributed by atoms with Gasteiger partial charge in [-0.05, 0) is 35.0 Å². The standard InChI is InChI=1S/C10H12BrFO2/c1-2-13-6-7-14-10-8(11)4-3-5-9(10)12/h3-5H,2,6-7H2,1H3. The largest absolute Gasteiger partial charge is 0.487 e. The van der Waals surface area contributed by atoms with Crippen molar-refractivity contribution in [3.8, 4) is 5.75 Å². The molecule has 1 aromatic rings. The van der Waals surface area contributed by atoms with Crippen molar-refractivity contribution in [1.82, 2.24) is 0 Å². The summed E-state index contributed by atoms with van der Waals surface area (Å²) in [6.45, 7) is 3.37. The Morgan fingerprint density at radius 1 is 1.36 bits per heavy atom. The fourth-order valence-corrected chi connectivity index (χ4v) is 1.42. The van der Waals surface area contributed by atoms with Crippen molar-refractivity contribution in [3.05, 3.63) is 28.5 Å². The fourth-order valence-electron chi connectivity index (χ4n) is 0.967. The number of benzene rings is 1. The van der Waals surface area contributed by atoms with Gasteiger partial charge < -0.3 is 9.47 Å². The van der Waals surface area contributed by atoms with Crippen molar-refractivity contribution in [3.63, 3.8) is 0 Å². The Labute approximate surface area is 91.2 Å². The number of para-hydroxylation sites is 1. The molecule has 1 rings (SSSR count). The third kappa shape index (κ3) is 3.27. The molecule has 0 radical (unpaired) electrons. The lowest BCUT2D eigenvalue weighted by molar-refractivity contribution is 0.108. The molecule has 0 spiro atoms. The predicted octanol–water partition coefficient (Wildman–Crippen LogP) is 3.00. The molecule has 0 atom stereocenters. The molecule has 4 heteroatoms. The van der Waals surface area contributed by atoms with E-state index in [4.69, 9.17) is 9.47 Å². The first kappa shape index (κ1) is 11.5. The van der Waals surface area contributed by atoms with Crippen molar-refractivity contribution >= 4 is 15.9 Å². The molecular formula is C10H12BrFO2. The van der Waals surface area contributed by atoms with E-state index in [0.29, 0.717) is 24.3 Å². The zero-order valence-corrected chi connectivity index (χ0v) is 9.51. The van der Waals surface area contributed by atoms with E-state index < -0.39 is 0 Å². The maximum Gasteiger partial charge on any atom is 0.169 e. The van der Waals surface area contributed by atoms with E-state index in [1.807, 2.05) is 6.92 Å². The molecule has 0 aliphatic rings. The van der Waals surface area contributed by atoms with E-state index in [-0.39, 0.29) is 11.6 Å². The van der Waals surface area contributed by atoms with Gasteiger partial charge >= 0.3 is 0 Å². The minimum Gasteiger partial charge on any atom is -0.487 e. The summed E-state index contributed by atoms with van der Waals surface area (Å²) in [5, 5.41) is 0. The number of rotatable bonds is 5. The van der Waals surface area contributed by atoms with Crippen LogP contribution < -0.4 is 4.74 Å². The zero-order chi connectivity index (χ0) is 10.4. The molecule has 78 valence electrons. The highest BCUT2D eigenvalue weighted by molar-refractivity contribution is 9.10. The summed E-state index contributed by atoms with van der Waals surface area (Å²) in [6, 6.07) is 4.72. The normalized spacial score (nSPS) is 10.2. The third-order valence-electron chi connectivity index (χ3n) is 1.60. The maximum absolute atomic E-state index is 13.2. The van der Waals surface area contributed by atoms with Crippen LogP contribution in [0.3, 0.4) is 0 Å². The van der Waals surface area contributed by atoms with Gasteiger partial charge in [-0.3, -0.25) is 0 Å². The second-order valence-electron chi connectivity index (χ2n) is 2.60. The number of ether oxygens (including phenoxy) is 2. The molecule has 0 bridgehead atoms. The van der Waals surface area contributed by atoms with Gasteiger partial charge in [-0.25, -0.2) is 4.39 Å². The minimum atomic E-state index is -0.365. The molecule has 0 amide bonds. The van der Waals surface area contributed by atoms with Crippen molar-refractivity contribution in [2.45, 2.75) is 6.92 Å². The second-order valence-corrected chi connectivity index (χ2v) is 3.45. The van der Waals surface area contributed by atoms with Crippen molar-refractivity contribution in [2.75, 3.05) is 19.8 Å².